The average molecular weight is 310 g/mol. The first-order chi connectivity index (χ1) is 10.0. The molecule has 1 aromatic carbocycles. The molecule has 1 saturated heterocycles. The number of rotatable bonds is 3. The molecule has 1 aliphatic rings. The van der Waals surface area contributed by atoms with Gasteiger partial charge in [-0.1, -0.05) is 30.7 Å². The van der Waals surface area contributed by atoms with E-state index < -0.39 is 0 Å². The summed E-state index contributed by atoms with van der Waals surface area (Å²) in [4.78, 5) is 25.4. The fraction of sp³-hybridized carbons (Fsp3) is 0.467. The minimum atomic E-state index is -0.290. The number of aryl methyl sites for hydroxylation is 1. The number of para-hydroxylation sites is 1. The molecule has 3 amide bonds. The summed E-state index contributed by atoms with van der Waals surface area (Å²) in [6, 6.07) is 5.16. The quantitative estimate of drug-likeness (QED) is 0.902. The SMILES string of the molecule is CCC(=O)N1CCC(NC(=O)Nc2c(C)cccc2Cl)C1. The first-order valence-electron chi connectivity index (χ1n) is 7.11. The summed E-state index contributed by atoms with van der Waals surface area (Å²) in [5.74, 6) is 0.127. The Balaban J connectivity index is 1.90. The van der Waals surface area contributed by atoms with E-state index in [9.17, 15) is 9.59 Å². The second-order valence-electron chi connectivity index (χ2n) is 5.21. The highest BCUT2D eigenvalue weighted by Gasteiger charge is 2.26. The number of hydrogen-bond donors (Lipinski definition) is 2. The number of anilines is 1. The average Bonchev–Trinajstić information content (AvgIpc) is 2.90. The number of urea groups is 1. The summed E-state index contributed by atoms with van der Waals surface area (Å²) >= 11 is 6.08. The molecule has 1 aromatic rings. The van der Waals surface area contributed by atoms with Gasteiger partial charge < -0.3 is 15.5 Å². The van der Waals surface area contributed by atoms with E-state index in [1.54, 1.807) is 11.0 Å². The topological polar surface area (TPSA) is 61.4 Å². The van der Waals surface area contributed by atoms with E-state index in [4.69, 9.17) is 11.6 Å². The molecule has 21 heavy (non-hydrogen) atoms. The largest absolute Gasteiger partial charge is 0.341 e. The first kappa shape index (κ1) is 15.6. The van der Waals surface area contributed by atoms with E-state index in [-0.39, 0.29) is 18.0 Å². The van der Waals surface area contributed by atoms with E-state index in [0.717, 1.165) is 12.0 Å². The molecule has 0 saturated carbocycles. The number of hydrogen-bond acceptors (Lipinski definition) is 2. The van der Waals surface area contributed by atoms with Gasteiger partial charge in [-0.15, -0.1) is 0 Å². The van der Waals surface area contributed by atoms with Crippen molar-refractivity contribution in [1.29, 1.82) is 0 Å². The molecular weight excluding hydrogens is 290 g/mol. The minimum absolute atomic E-state index is 0.0108. The lowest BCUT2D eigenvalue weighted by molar-refractivity contribution is -0.129. The van der Waals surface area contributed by atoms with Gasteiger partial charge in [-0.25, -0.2) is 4.79 Å². The fourth-order valence-electron chi connectivity index (χ4n) is 2.45. The number of benzene rings is 1. The van der Waals surface area contributed by atoms with Gasteiger partial charge in [-0.05, 0) is 25.0 Å². The highest BCUT2D eigenvalue weighted by atomic mass is 35.5. The van der Waals surface area contributed by atoms with Crippen LogP contribution in [0.5, 0.6) is 0 Å². The van der Waals surface area contributed by atoms with Crippen LogP contribution in [0.1, 0.15) is 25.3 Å². The van der Waals surface area contributed by atoms with Crippen molar-refractivity contribution in [2.45, 2.75) is 32.7 Å². The van der Waals surface area contributed by atoms with Crippen LogP contribution < -0.4 is 10.6 Å². The van der Waals surface area contributed by atoms with Crippen molar-refractivity contribution in [3.05, 3.63) is 28.8 Å². The van der Waals surface area contributed by atoms with Gasteiger partial charge in [0.05, 0.1) is 10.7 Å². The molecule has 114 valence electrons. The maximum atomic E-state index is 12.0. The molecule has 0 spiro atoms. The molecule has 2 rings (SSSR count). The Morgan fingerprint density at radius 3 is 2.86 bits per heavy atom. The molecule has 1 aliphatic heterocycles. The van der Waals surface area contributed by atoms with E-state index in [1.165, 1.54) is 0 Å². The molecule has 1 unspecified atom stereocenters. The summed E-state index contributed by atoms with van der Waals surface area (Å²) < 4.78 is 0. The summed E-state index contributed by atoms with van der Waals surface area (Å²) in [6.07, 6.45) is 1.28. The Hall–Kier alpha value is -1.75. The molecule has 6 heteroatoms. The third-order valence-electron chi connectivity index (χ3n) is 3.64. The van der Waals surface area contributed by atoms with Crippen molar-refractivity contribution in [3.63, 3.8) is 0 Å². The molecule has 1 heterocycles. The smallest absolute Gasteiger partial charge is 0.319 e. The van der Waals surface area contributed by atoms with Crippen molar-refractivity contribution in [2.75, 3.05) is 18.4 Å². The van der Waals surface area contributed by atoms with Gasteiger partial charge in [0.15, 0.2) is 0 Å². The van der Waals surface area contributed by atoms with Crippen LogP contribution in [-0.2, 0) is 4.79 Å². The Morgan fingerprint density at radius 1 is 1.43 bits per heavy atom. The first-order valence-corrected chi connectivity index (χ1v) is 7.49. The monoisotopic (exact) mass is 309 g/mol. The summed E-state index contributed by atoms with van der Waals surface area (Å²) in [7, 11) is 0. The van der Waals surface area contributed by atoms with Gasteiger partial charge in [0.1, 0.15) is 0 Å². The summed E-state index contributed by atoms with van der Waals surface area (Å²) in [5.41, 5.74) is 1.53. The number of nitrogens with zero attached hydrogens (tertiary/aromatic N) is 1. The second kappa shape index (κ2) is 6.80. The van der Waals surface area contributed by atoms with E-state index >= 15 is 0 Å². The highest BCUT2D eigenvalue weighted by molar-refractivity contribution is 6.33. The van der Waals surface area contributed by atoms with Crippen LogP contribution >= 0.6 is 11.6 Å². The standard InChI is InChI=1S/C15H20ClN3O2/c1-3-13(20)19-8-7-11(9-19)17-15(21)18-14-10(2)5-4-6-12(14)16/h4-6,11H,3,7-9H2,1-2H3,(H2,17,18,21). The Morgan fingerprint density at radius 2 is 2.19 bits per heavy atom. The molecule has 0 bridgehead atoms. The zero-order valence-electron chi connectivity index (χ0n) is 12.3. The van der Waals surface area contributed by atoms with Gasteiger partial charge in [-0.2, -0.15) is 0 Å². The Kier molecular flexibility index (Phi) is 5.07. The number of amides is 3. The third-order valence-corrected chi connectivity index (χ3v) is 3.95. The minimum Gasteiger partial charge on any atom is -0.341 e. The number of halogens is 1. The van der Waals surface area contributed by atoms with Gasteiger partial charge in [0, 0.05) is 25.6 Å². The van der Waals surface area contributed by atoms with Gasteiger partial charge in [0.25, 0.3) is 0 Å². The lowest BCUT2D eigenvalue weighted by Gasteiger charge is -2.17. The van der Waals surface area contributed by atoms with Crippen LogP contribution in [0.15, 0.2) is 18.2 Å². The summed E-state index contributed by atoms with van der Waals surface area (Å²) in [6.45, 7) is 5.00. The third kappa shape index (κ3) is 3.88. The normalized spacial score (nSPS) is 17.7. The molecule has 1 fully saturated rings. The van der Waals surface area contributed by atoms with Crippen molar-refractivity contribution in [1.82, 2.24) is 10.2 Å². The zero-order chi connectivity index (χ0) is 15.4. The van der Waals surface area contributed by atoms with Crippen LogP contribution in [0.25, 0.3) is 0 Å². The molecular formula is C15H20ClN3O2. The molecule has 5 nitrogen and oxygen atoms in total. The van der Waals surface area contributed by atoms with Crippen molar-refractivity contribution in [3.8, 4) is 0 Å². The van der Waals surface area contributed by atoms with Crippen LogP contribution in [0, 0.1) is 6.92 Å². The lowest BCUT2D eigenvalue weighted by Crippen LogP contribution is -2.40. The number of nitrogens with one attached hydrogen (secondary N) is 2. The Bertz CT molecular complexity index is 527. The van der Waals surface area contributed by atoms with E-state index in [0.29, 0.717) is 30.2 Å². The van der Waals surface area contributed by atoms with Gasteiger partial charge in [0.2, 0.25) is 5.91 Å². The van der Waals surface area contributed by atoms with Crippen LogP contribution in [0.3, 0.4) is 0 Å². The molecule has 2 N–H and O–H groups in total. The molecule has 1 atom stereocenters. The van der Waals surface area contributed by atoms with Crippen LogP contribution in [0.4, 0.5) is 10.5 Å². The lowest BCUT2D eigenvalue weighted by atomic mass is 10.2. The van der Waals surface area contributed by atoms with Crippen LogP contribution in [-0.4, -0.2) is 36.0 Å². The predicted octanol–water partition coefficient (Wildman–Crippen LogP) is 2.78. The maximum Gasteiger partial charge on any atom is 0.319 e. The maximum absolute atomic E-state index is 12.0. The van der Waals surface area contributed by atoms with Crippen molar-refractivity contribution in [2.24, 2.45) is 0 Å². The zero-order valence-corrected chi connectivity index (χ0v) is 13.0. The van der Waals surface area contributed by atoms with Crippen molar-refractivity contribution >= 4 is 29.2 Å². The van der Waals surface area contributed by atoms with Crippen LogP contribution in [0.2, 0.25) is 5.02 Å². The number of carbonyl (C=O) groups is 2. The second-order valence-corrected chi connectivity index (χ2v) is 5.62. The molecule has 0 aromatic heterocycles. The van der Waals surface area contributed by atoms with E-state index in [2.05, 4.69) is 10.6 Å². The highest BCUT2D eigenvalue weighted by Crippen LogP contribution is 2.25. The number of carbonyl (C=O) groups excluding carboxylic acids is 2. The van der Waals surface area contributed by atoms with Gasteiger partial charge >= 0.3 is 6.03 Å². The summed E-state index contributed by atoms with van der Waals surface area (Å²) in [5, 5.41) is 6.18. The van der Waals surface area contributed by atoms with Crippen molar-refractivity contribution < 1.29 is 9.59 Å². The number of likely N-dealkylation sites (tertiary alicyclic amines) is 1. The Labute approximate surface area is 129 Å². The fourth-order valence-corrected chi connectivity index (χ4v) is 2.72. The van der Waals surface area contributed by atoms with E-state index in [1.807, 2.05) is 26.0 Å². The van der Waals surface area contributed by atoms with Gasteiger partial charge in [-0.3, -0.25) is 4.79 Å². The molecule has 0 radical (unpaired) electrons. The predicted molar refractivity (Wildman–Crippen MR) is 83.6 cm³/mol. The molecule has 0 aliphatic carbocycles.